The minimum absolute atomic E-state index is 0.599. The van der Waals surface area contributed by atoms with Gasteiger partial charge in [-0.3, -0.25) is 9.80 Å². The van der Waals surface area contributed by atoms with Crippen LogP contribution in [0.2, 0.25) is 0 Å². The van der Waals surface area contributed by atoms with Gasteiger partial charge in [0.1, 0.15) is 0 Å². The van der Waals surface area contributed by atoms with E-state index in [1.807, 2.05) is 0 Å². The SMILES string of the molecule is Cc1cccc(CN2CCN(CC(N)=S)CC2)c1. The first-order chi connectivity index (χ1) is 8.63. The molecule has 1 aliphatic rings. The van der Waals surface area contributed by atoms with Crippen molar-refractivity contribution in [1.29, 1.82) is 0 Å². The van der Waals surface area contributed by atoms with Crippen molar-refractivity contribution in [3.63, 3.8) is 0 Å². The van der Waals surface area contributed by atoms with Crippen LogP contribution in [0.5, 0.6) is 0 Å². The van der Waals surface area contributed by atoms with Crippen molar-refractivity contribution in [2.45, 2.75) is 13.5 Å². The van der Waals surface area contributed by atoms with E-state index in [1.165, 1.54) is 11.1 Å². The first-order valence-electron chi connectivity index (χ1n) is 6.42. The number of benzene rings is 1. The smallest absolute Gasteiger partial charge is 0.0870 e. The highest BCUT2D eigenvalue weighted by atomic mass is 32.1. The van der Waals surface area contributed by atoms with Gasteiger partial charge in [0.25, 0.3) is 0 Å². The lowest BCUT2D eigenvalue weighted by Gasteiger charge is -2.34. The molecule has 1 heterocycles. The van der Waals surface area contributed by atoms with Crippen molar-refractivity contribution in [2.75, 3.05) is 32.7 Å². The summed E-state index contributed by atoms with van der Waals surface area (Å²) in [7, 11) is 0. The zero-order chi connectivity index (χ0) is 13.0. The fraction of sp³-hybridized carbons (Fsp3) is 0.500. The second-order valence-electron chi connectivity index (χ2n) is 5.01. The molecule has 4 heteroatoms. The van der Waals surface area contributed by atoms with Gasteiger partial charge >= 0.3 is 0 Å². The summed E-state index contributed by atoms with van der Waals surface area (Å²) in [5, 5.41) is 0. The number of piperazine rings is 1. The van der Waals surface area contributed by atoms with Gasteiger partial charge in [-0.05, 0) is 12.5 Å². The van der Waals surface area contributed by atoms with E-state index in [4.69, 9.17) is 18.0 Å². The fourth-order valence-electron chi connectivity index (χ4n) is 2.39. The molecule has 0 saturated carbocycles. The van der Waals surface area contributed by atoms with E-state index >= 15 is 0 Å². The topological polar surface area (TPSA) is 32.5 Å². The first-order valence-corrected chi connectivity index (χ1v) is 6.83. The molecule has 0 aliphatic carbocycles. The molecule has 0 bridgehead atoms. The van der Waals surface area contributed by atoms with Crippen LogP contribution in [-0.4, -0.2) is 47.5 Å². The second kappa shape index (κ2) is 6.27. The summed E-state index contributed by atoms with van der Waals surface area (Å²) in [6, 6.07) is 8.74. The van der Waals surface area contributed by atoms with E-state index in [-0.39, 0.29) is 0 Å². The van der Waals surface area contributed by atoms with Crippen molar-refractivity contribution in [3.05, 3.63) is 35.4 Å². The Kier molecular flexibility index (Phi) is 4.69. The van der Waals surface area contributed by atoms with E-state index in [0.717, 1.165) is 39.3 Å². The summed E-state index contributed by atoms with van der Waals surface area (Å²) in [5.41, 5.74) is 8.31. The van der Waals surface area contributed by atoms with Crippen molar-refractivity contribution < 1.29 is 0 Å². The second-order valence-corrected chi connectivity index (χ2v) is 5.53. The Morgan fingerprint density at radius 1 is 1.22 bits per heavy atom. The molecule has 0 radical (unpaired) electrons. The van der Waals surface area contributed by atoms with E-state index < -0.39 is 0 Å². The van der Waals surface area contributed by atoms with Gasteiger partial charge in [-0.2, -0.15) is 0 Å². The molecule has 18 heavy (non-hydrogen) atoms. The Morgan fingerprint density at radius 2 is 1.89 bits per heavy atom. The molecule has 1 fully saturated rings. The van der Waals surface area contributed by atoms with Gasteiger partial charge in [0.15, 0.2) is 0 Å². The number of rotatable bonds is 4. The van der Waals surface area contributed by atoms with Crippen LogP contribution in [0.25, 0.3) is 0 Å². The monoisotopic (exact) mass is 263 g/mol. The molecule has 0 unspecified atom stereocenters. The van der Waals surface area contributed by atoms with E-state index in [2.05, 4.69) is 41.0 Å². The molecule has 0 spiro atoms. The zero-order valence-corrected chi connectivity index (χ0v) is 11.7. The van der Waals surface area contributed by atoms with Gasteiger partial charge in [0.05, 0.1) is 4.99 Å². The van der Waals surface area contributed by atoms with E-state index in [9.17, 15) is 0 Å². The van der Waals surface area contributed by atoms with Crippen molar-refractivity contribution >= 4 is 17.2 Å². The summed E-state index contributed by atoms with van der Waals surface area (Å²) >= 11 is 4.95. The molecule has 2 N–H and O–H groups in total. The standard InChI is InChI=1S/C14H21N3S/c1-12-3-2-4-13(9-12)10-16-5-7-17(8-6-16)11-14(15)18/h2-4,9H,5-8,10-11H2,1H3,(H2,15,18). The van der Waals surface area contributed by atoms with Crippen LogP contribution in [0.1, 0.15) is 11.1 Å². The number of hydrogen-bond acceptors (Lipinski definition) is 3. The van der Waals surface area contributed by atoms with Crippen LogP contribution < -0.4 is 5.73 Å². The van der Waals surface area contributed by atoms with E-state index in [0.29, 0.717) is 4.99 Å². The molecule has 1 aliphatic heterocycles. The quantitative estimate of drug-likeness (QED) is 0.832. The Balaban J connectivity index is 1.81. The highest BCUT2D eigenvalue weighted by molar-refractivity contribution is 7.80. The van der Waals surface area contributed by atoms with Gasteiger partial charge in [-0.15, -0.1) is 0 Å². The van der Waals surface area contributed by atoms with E-state index in [1.54, 1.807) is 0 Å². The average Bonchev–Trinajstić information content (AvgIpc) is 2.31. The molecule has 2 rings (SSSR count). The molecular formula is C14H21N3S. The molecule has 0 amide bonds. The zero-order valence-electron chi connectivity index (χ0n) is 10.9. The molecule has 3 nitrogen and oxygen atoms in total. The third-order valence-electron chi connectivity index (χ3n) is 3.33. The molecule has 1 aromatic rings. The third-order valence-corrected chi connectivity index (χ3v) is 3.46. The summed E-state index contributed by atoms with van der Waals surface area (Å²) in [5.74, 6) is 0. The van der Waals surface area contributed by atoms with Gasteiger partial charge in [-0.25, -0.2) is 0 Å². The Labute approximate surface area is 115 Å². The van der Waals surface area contributed by atoms with Crippen LogP contribution in [0, 0.1) is 6.92 Å². The largest absolute Gasteiger partial charge is 0.392 e. The minimum Gasteiger partial charge on any atom is -0.392 e. The highest BCUT2D eigenvalue weighted by Crippen LogP contribution is 2.10. The number of aryl methyl sites for hydroxylation is 1. The Bertz CT molecular complexity index is 411. The number of nitrogens with two attached hydrogens (primary N) is 1. The van der Waals surface area contributed by atoms with Gasteiger partial charge < -0.3 is 5.73 Å². The van der Waals surface area contributed by atoms with Crippen molar-refractivity contribution in [2.24, 2.45) is 5.73 Å². The maximum Gasteiger partial charge on any atom is 0.0870 e. The molecule has 1 aromatic carbocycles. The number of hydrogen-bond donors (Lipinski definition) is 1. The van der Waals surface area contributed by atoms with Crippen LogP contribution in [0.15, 0.2) is 24.3 Å². The molecule has 0 atom stereocenters. The fourth-order valence-corrected chi connectivity index (χ4v) is 2.58. The van der Waals surface area contributed by atoms with Gasteiger partial charge in [0, 0.05) is 39.3 Å². The predicted octanol–water partition coefficient (Wildman–Crippen LogP) is 1.40. The maximum atomic E-state index is 5.57. The minimum atomic E-state index is 0.599. The average molecular weight is 263 g/mol. The van der Waals surface area contributed by atoms with Crippen LogP contribution >= 0.6 is 12.2 Å². The van der Waals surface area contributed by atoms with Crippen molar-refractivity contribution in [3.8, 4) is 0 Å². The lowest BCUT2D eigenvalue weighted by molar-refractivity contribution is 0.140. The van der Waals surface area contributed by atoms with Crippen LogP contribution in [-0.2, 0) is 6.54 Å². The van der Waals surface area contributed by atoms with Crippen LogP contribution in [0.4, 0.5) is 0 Å². The molecule has 1 saturated heterocycles. The molecule has 98 valence electrons. The summed E-state index contributed by atoms with van der Waals surface area (Å²) in [6.07, 6.45) is 0. The predicted molar refractivity (Wildman–Crippen MR) is 79.7 cm³/mol. The maximum absolute atomic E-state index is 5.57. The molecular weight excluding hydrogens is 242 g/mol. The first kappa shape index (κ1) is 13.5. The number of thiocarbonyl (C=S) groups is 1. The normalized spacial score (nSPS) is 17.8. The number of nitrogens with zero attached hydrogens (tertiary/aromatic N) is 2. The third kappa shape index (κ3) is 4.05. The van der Waals surface area contributed by atoms with Crippen molar-refractivity contribution in [1.82, 2.24) is 9.80 Å². The lowest BCUT2D eigenvalue weighted by atomic mass is 10.1. The van der Waals surface area contributed by atoms with Gasteiger partial charge in [0.2, 0.25) is 0 Å². The summed E-state index contributed by atoms with van der Waals surface area (Å²) in [6.45, 7) is 8.25. The Hall–Kier alpha value is -0.970. The molecule has 0 aromatic heterocycles. The Morgan fingerprint density at radius 3 is 2.50 bits per heavy atom. The lowest BCUT2D eigenvalue weighted by Crippen LogP contribution is -2.48. The highest BCUT2D eigenvalue weighted by Gasteiger charge is 2.17. The summed E-state index contributed by atoms with van der Waals surface area (Å²) < 4.78 is 0. The van der Waals surface area contributed by atoms with Gasteiger partial charge in [-0.1, -0.05) is 42.0 Å². The summed E-state index contributed by atoms with van der Waals surface area (Å²) in [4.78, 5) is 5.42. The van der Waals surface area contributed by atoms with Crippen LogP contribution in [0.3, 0.4) is 0 Å².